The normalized spacial score (nSPS) is 15.0. The van der Waals surface area contributed by atoms with Crippen LogP contribution in [-0.2, 0) is 9.59 Å². The largest absolute Gasteiger partial charge is 0.497 e. The molecule has 31 heavy (non-hydrogen) atoms. The number of carbonyl (C=O) groups is 3. The molecule has 1 aliphatic heterocycles. The van der Waals surface area contributed by atoms with Gasteiger partial charge in [0.1, 0.15) is 18.0 Å². The van der Waals surface area contributed by atoms with E-state index in [2.05, 4.69) is 21.2 Å². The average Bonchev–Trinajstić information content (AvgIpc) is 2.97. The third-order valence-electron chi connectivity index (χ3n) is 4.17. The van der Waals surface area contributed by atoms with Gasteiger partial charge in [-0.05, 0) is 89.6 Å². The number of ether oxygens (including phenoxy) is 2. The Morgan fingerprint density at radius 3 is 2.52 bits per heavy atom. The van der Waals surface area contributed by atoms with Gasteiger partial charge < -0.3 is 14.8 Å². The van der Waals surface area contributed by atoms with Crippen molar-refractivity contribution < 1.29 is 23.9 Å². The number of amides is 3. The number of halogens is 1. The highest BCUT2D eigenvalue weighted by Crippen LogP contribution is 2.34. The van der Waals surface area contributed by atoms with Gasteiger partial charge in [-0.25, -0.2) is 0 Å². The molecule has 2 aromatic rings. The number of thioether (sulfide) groups is 1. The van der Waals surface area contributed by atoms with Crippen LogP contribution in [0.3, 0.4) is 0 Å². The summed E-state index contributed by atoms with van der Waals surface area (Å²) in [7, 11) is 1.55. The standard InChI is InChI=1S/C22H21BrN2O5S/c1-13(2)30-18-9-4-14(10-17(18)23)11-19-21(27)25(22(28)31-19)12-20(26)24-15-5-7-16(29-3)8-6-15/h4-11,13H,12H2,1-3H3,(H,24,26)/b19-11+. The molecule has 1 N–H and O–H groups in total. The third kappa shape index (κ3) is 5.89. The van der Waals surface area contributed by atoms with Gasteiger partial charge in [-0.3, -0.25) is 19.3 Å². The van der Waals surface area contributed by atoms with Crippen molar-refractivity contribution in [3.05, 3.63) is 57.4 Å². The quantitative estimate of drug-likeness (QED) is 0.538. The Hall–Kier alpha value is -2.78. The molecule has 3 rings (SSSR count). The smallest absolute Gasteiger partial charge is 0.294 e. The summed E-state index contributed by atoms with van der Waals surface area (Å²) in [5.74, 6) is 0.380. The predicted octanol–water partition coefficient (Wildman–Crippen LogP) is 4.92. The lowest BCUT2D eigenvalue weighted by atomic mass is 10.2. The SMILES string of the molecule is COc1ccc(NC(=O)CN2C(=O)S/C(=C/c3ccc(OC(C)C)c(Br)c3)C2=O)cc1. The van der Waals surface area contributed by atoms with Crippen molar-refractivity contribution in [1.29, 1.82) is 0 Å². The van der Waals surface area contributed by atoms with Crippen LogP contribution in [0.25, 0.3) is 6.08 Å². The average molecular weight is 505 g/mol. The molecular formula is C22H21BrN2O5S. The Kier molecular flexibility index (Phi) is 7.40. The topological polar surface area (TPSA) is 84.9 Å². The van der Waals surface area contributed by atoms with Crippen LogP contribution in [-0.4, -0.2) is 41.7 Å². The zero-order chi connectivity index (χ0) is 22.5. The number of hydrogen-bond acceptors (Lipinski definition) is 6. The number of rotatable bonds is 7. The summed E-state index contributed by atoms with van der Waals surface area (Å²) in [5.41, 5.74) is 1.28. The fourth-order valence-corrected chi connectivity index (χ4v) is 4.09. The Bertz CT molecular complexity index is 1040. The Labute approximate surface area is 192 Å². The molecule has 2 aromatic carbocycles. The van der Waals surface area contributed by atoms with E-state index in [0.717, 1.165) is 26.7 Å². The van der Waals surface area contributed by atoms with Crippen molar-refractivity contribution in [2.45, 2.75) is 20.0 Å². The van der Waals surface area contributed by atoms with Crippen LogP contribution in [0.1, 0.15) is 19.4 Å². The van der Waals surface area contributed by atoms with Crippen LogP contribution in [0, 0.1) is 0 Å². The second-order valence-electron chi connectivity index (χ2n) is 6.90. The number of nitrogens with one attached hydrogen (secondary N) is 1. The Morgan fingerprint density at radius 1 is 1.19 bits per heavy atom. The highest BCUT2D eigenvalue weighted by molar-refractivity contribution is 9.10. The maximum absolute atomic E-state index is 12.7. The van der Waals surface area contributed by atoms with Gasteiger partial charge in [0, 0.05) is 5.69 Å². The number of methoxy groups -OCH3 is 1. The lowest BCUT2D eigenvalue weighted by molar-refractivity contribution is -0.127. The van der Waals surface area contributed by atoms with Gasteiger partial charge in [-0.2, -0.15) is 0 Å². The van der Waals surface area contributed by atoms with Crippen molar-refractivity contribution in [1.82, 2.24) is 4.90 Å². The van der Waals surface area contributed by atoms with Crippen LogP contribution in [0.15, 0.2) is 51.8 Å². The van der Waals surface area contributed by atoms with E-state index in [1.807, 2.05) is 19.9 Å². The molecule has 162 valence electrons. The van der Waals surface area contributed by atoms with E-state index in [4.69, 9.17) is 9.47 Å². The molecule has 0 aliphatic carbocycles. The molecule has 0 atom stereocenters. The number of nitrogens with zero attached hydrogens (tertiary/aromatic N) is 1. The van der Waals surface area contributed by atoms with E-state index in [0.29, 0.717) is 17.2 Å². The minimum atomic E-state index is -0.501. The van der Waals surface area contributed by atoms with Gasteiger partial charge in [0.05, 0.1) is 22.6 Å². The first-order valence-corrected chi connectivity index (χ1v) is 11.0. The van der Waals surface area contributed by atoms with Gasteiger partial charge in [-0.15, -0.1) is 0 Å². The second-order valence-corrected chi connectivity index (χ2v) is 8.75. The zero-order valence-electron chi connectivity index (χ0n) is 17.2. The van der Waals surface area contributed by atoms with Crippen molar-refractivity contribution in [2.75, 3.05) is 19.0 Å². The molecule has 0 bridgehead atoms. The Balaban J connectivity index is 1.67. The summed E-state index contributed by atoms with van der Waals surface area (Å²) in [5, 5.41) is 2.18. The van der Waals surface area contributed by atoms with E-state index in [-0.39, 0.29) is 17.6 Å². The summed E-state index contributed by atoms with van der Waals surface area (Å²) in [4.78, 5) is 38.5. The molecule has 3 amide bonds. The van der Waals surface area contributed by atoms with Crippen LogP contribution in [0.2, 0.25) is 0 Å². The minimum Gasteiger partial charge on any atom is -0.497 e. The predicted molar refractivity (Wildman–Crippen MR) is 124 cm³/mol. The monoisotopic (exact) mass is 504 g/mol. The first kappa shape index (κ1) is 22.9. The number of anilines is 1. The molecule has 1 saturated heterocycles. The fraction of sp³-hybridized carbons (Fsp3) is 0.227. The fourth-order valence-electron chi connectivity index (χ4n) is 2.76. The maximum Gasteiger partial charge on any atom is 0.294 e. The van der Waals surface area contributed by atoms with Crippen LogP contribution < -0.4 is 14.8 Å². The lowest BCUT2D eigenvalue weighted by Gasteiger charge is -2.13. The third-order valence-corrected chi connectivity index (χ3v) is 5.69. The van der Waals surface area contributed by atoms with Crippen LogP contribution in [0.5, 0.6) is 11.5 Å². The molecule has 7 nitrogen and oxygen atoms in total. The molecule has 1 heterocycles. The number of benzene rings is 2. The van der Waals surface area contributed by atoms with Gasteiger partial charge in [0.15, 0.2) is 0 Å². The number of imide groups is 1. The first-order chi connectivity index (χ1) is 14.8. The summed E-state index contributed by atoms with van der Waals surface area (Å²) >= 11 is 4.26. The van der Waals surface area contributed by atoms with Crippen molar-refractivity contribution in [2.24, 2.45) is 0 Å². The first-order valence-electron chi connectivity index (χ1n) is 9.42. The van der Waals surface area contributed by atoms with Crippen LogP contribution >= 0.6 is 27.7 Å². The van der Waals surface area contributed by atoms with Gasteiger partial charge in [0.25, 0.3) is 11.1 Å². The number of carbonyl (C=O) groups excluding carboxylic acids is 3. The molecule has 1 aliphatic rings. The summed E-state index contributed by atoms with van der Waals surface area (Å²) in [6, 6.07) is 12.2. The highest BCUT2D eigenvalue weighted by atomic mass is 79.9. The molecule has 1 fully saturated rings. The molecule has 9 heteroatoms. The Morgan fingerprint density at radius 2 is 1.90 bits per heavy atom. The maximum atomic E-state index is 12.7. The summed E-state index contributed by atoms with van der Waals surface area (Å²) in [6.07, 6.45) is 1.65. The summed E-state index contributed by atoms with van der Waals surface area (Å²) in [6.45, 7) is 3.50. The summed E-state index contributed by atoms with van der Waals surface area (Å²) < 4.78 is 11.5. The molecule has 0 radical (unpaired) electrons. The van der Waals surface area contributed by atoms with E-state index in [9.17, 15) is 14.4 Å². The van der Waals surface area contributed by atoms with E-state index >= 15 is 0 Å². The minimum absolute atomic E-state index is 0.0303. The lowest BCUT2D eigenvalue weighted by Crippen LogP contribution is -2.36. The molecule has 0 spiro atoms. The van der Waals surface area contributed by atoms with Gasteiger partial charge in [-0.1, -0.05) is 6.07 Å². The highest BCUT2D eigenvalue weighted by Gasteiger charge is 2.36. The molecule has 0 aromatic heterocycles. The molecular weight excluding hydrogens is 484 g/mol. The number of hydrogen-bond donors (Lipinski definition) is 1. The van der Waals surface area contributed by atoms with Crippen molar-refractivity contribution in [3.63, 3.8) is 0 Å². The second kappa shape index (κ2) is 10.0. The van der Waals surface area contributed by atoms with E-state index in [1.54, 1.807) is 49.6 Å². The van der Waals surface area contributed by atoms with Crippen LogP contribution in [0.4, 0.5) is 10.5 Å². The van der Waals surface area contributed by atoms with Gasteiger partial charge >= 0.3 is 0 Å². The van der Waals surface area contributed by atoms with Gasteiger partial charge in [0.2, 0.25) is 5.91 Å². The van der Waals surface area contributed by atoms with E-state index in [1.165, 1.54) is 0 Å². The van der Waals surface area contributed by atoms with E-state index < -0.39 is 17.1 Å². The zero-order valence-corrected chi connectivity index (χ0v) is 19.6. The molecule has 0 unspecified atom stereocenters. The van der Waals surface area contributed by atoms with Crippen molar-refractivity contribution >= 4 is 56.5 Å². The molecule has 0 saturated carbocycles. The van der Waals surface area contributed by atoms with Crippen molar-refractivity contribution in [3.8, 4) is 11.5 Å².